The Balaban J connectivity index is 2.57. The molecule has 0 aliphatic rings. The maximum absolute atomic E-state index is 11.9. The number of carboxylic acid groups (broad SMARTS) is 1. The molecule has 1 aromatic carbocycles. The molecule has 0 spiro atoms. The molecule has 1 amide bonds. The summed E-state index contributed by atoms with van der Waals surface area (Å²) in [5.74, 6) is -1.27. The smallest absolute Gasteiger partial charge is 0.326 e. The number of nitrogens with two attached hydrogens (primary N) is 1. The number of aliphatic carboxylic acids is 1. The molecule has 0 saturated carbocycles. The van der Waals surface area contributed by atoms with Crippen LogP contribution in [-0.2, 0) is 16.0 Å². The number of carbonyl (C=O) groups excluding carboxylic acids is 1. The number of carbonyl (C=O) groups is 2. The van der Waals surface area contributed by atoms with Crippen molar-refractivity contribution in [2.75, 3.05) is 12.0 Å². The number of hydrogen-bond donors (Lipinski definition) is 4. The second kappa shape index (κ2) is 9.45. The van der Waals surface area contributed by atoms with Crippen LogP contribution in [0.25, 0.3) is 0 Å². The van der Waals surface area contributed by atoms with Crippen LogP contribution in [0.15, 0.2) is 30.3 Å². The van der Waals surface area contributed by atoms with Gasteiger partial charge in [-0.1, -0.05) is 30.3 Å². The van der Waals surface area contributed by atoms with Crippen LogP contribution in [0.2, 0.25) is 0 Å². The summed E-state index contributed by atoms with van der Waals surface area (Å²) in [5.41, 5.74) is 6.74. The van der Waals surface area contributed by atoms with E-state index < -0.39 is 30.1 Å². The molecule has 0 fully saturated rings. The summed E-state index contributed by atoms with van der Waals surface area (Å²) < 4.78 is 0. The van der Waals surface area contributed by atoms with Gasteiger partial charge in [-0.3, -0.25) is 4.79 Å². The van der Waals surface area contributed by atoms with Crippen molar-refractivity contribution in [2.45, 2.75) is 31.0 Å². The Kier molecular flexibility index (Phi) is 7.94. The summed E-state index contributed by atoms with van der Waals surface area (Å²) in [7, 11) is 0. The van der Waals surface area contributed by atoms with Crippen LogP contribution in [-0.4, -0.2) is 52.3 Å². The fourth-order valence-corrected chi connectivity index (χ4v) is 2.41. The molecule has 0 unspecified atom stereocenters. The van der Waals surface area contributed by atoms with E-state index in [1.54, 1.807) is 0 Å². The highest BCUT2D eigenvalue weighted by molar-refractivity contribution is 7.98. The molecule has 122 valence electrons. The summed E-state index contributed by atoms with van der Waals surface area (Å²) in [6.45, 7) is 0. The van der Waals surface area contributed by atoms with Gasteiger partial charge < -0.3 is 21.3 Å². The van der Waals surface area contributed by atoms with Crippen molar-refractivity contribution >= 4 is 23.6 Å². The van der Waals surface area contributed by atoms with Gasteiger partial charge in [0.2, 0.25) is 0 Å². The first-order valence-corrected chi connectivity index (χ1v) is 8.34. The molecule has 0 aliphatic heterocycles. The standard InChI is InChI=1S/C15H22N2O4S/c1-22-8-7-12(15(20)21)17-14(19)13(18)11(16)9-10-5-3-2-4-6-10/h2-6,11-13,18H,7-9,16H2,1H3,(H,17,19)(H,20,21)/t11-,12+,13+/m1/s1. The van der Waals surface area contributed by atoms with E-state index >= 15 is 0 Å². The van der Waals surface area contributed by atoms with E-state index in [-0.39, 0.29) is 0 Å². The van der Waals surface area contributed by atoms with Gasteiger partial charge in [-0.05, 0) is 30.4 Å². The van der Waals surface area contributed by atoms with Crippen LogP contribution in [0.1, 0.15) is 12.0 Å². The minimum absolute atomic E-state index is 0.295. The number of aliphatic hydroxyl groups is 1. The van der Waals surface area contributed by atoms with Crippen molar-refractivity contribution in [3.63, 3.8) is 0 Å². The highest BCUT2D eigenvalue weighted by Gasteiger charge is 2.27. The number of rotatable bonds is 9. The fraction of sp³-hybridized carbons (Fsp3) is 0.467. The van der Waals surface area contributed by atoms with E-state index in [1.807, 2.05) is 36.6 Å². The molecule has 1 rings (SSSR count). The van der Waals surface area contributed by atoms with Crippen LogP contribution in [0.4, 0.5) is 0 Å². The lowest BCUT2D eigenvalue weighted by molar-refractivity contribution is -0.143. The summed E-state index contributed by atoms with van der Waals surface area (Å²) in [4.78, 5) is 23.0. The van der Waals surface area contributed by atoms with Crippen LogP contribution in [0.3, 0.4) is 0 Å². The first-order chi connectivity index (χ1) is 10.5. The average molecular weight is 326 g/mol. The summed E-state index contributed by atoms with van der Waals surface area (Å²) in [6.07, 6.45) is 1.03. The predicted molar refractivity (Wildman–Crippen MR) is 86.7 cm³/mol. The highest BCUT2D eigenvalue weighted by Crippen LogP contribution is 2.06. The minimum atomic E-state index is -1.45. The Hall–Kier alpha value is -1.57. The van der Waals surface area contributed by atoms with E-state index in [1.165, 1.54) is 11.8 Å². The second-order valence-corrected chi connectivity index (χ2v) is 5.96. The van der Waals surface area contributed by atoms with Crippen molar-refractivity contribution < 1.29 is 19.8 Å². The molecule has 6 nitrogen and oxygen atoms in total. The van der Waals surface area contributed by atoms with Crippen LogP contribution in [0, 0.1) is 0 Å². The number of aliphatic hydroxyl groups excluding tert-OH is 1. The van der Waals surface area contributed by atoms with E-state index in [4.69, 9.17) is 10.8 Å². The second-order valence-electron chi connectivity index (χ2n) is 4.98. The fourth-order valence-electron chi connectivity index (χ4n) is 1.94. The maximum Gasteiger partial charge on any atom is 0.326 e. The Morgan fingerprint density at radius 2 is 1.95 bits per heavy atom. The third-order valence-corrected chi connectivity index (χ3v) is 3.86. The Morgan fingerprint density at radius 1 is 1.32 bits per heavy atom. The molecule has 3 atom stereocenters. The highest BCUT2D eigenvalue weighted by atomic mass is 32.2. The summed E-state index contributed by atoms with van der Waals surface area (Å²) in [6, 6.07) is 7.44. The van der Waals surface area contributed by atoms with Gasteiger partial charge in [-0.15, -0.1) is 0 Å². The largest absolute Gasteiger partial charge is 0.480 e. The van der Waals surface area contributed by atoms with Gasteiger partial charge >= 0.3 is 5.97 Å². The van der Waals surface area contributed by atoms with Gasteiger partial charge in [0.15, 0.2) is 0 Å². The number of benzene rings is 1. The lowest BCUT2D eigenvalue weighted by atomic mass is 10.0. The van der Waals surface area contributed by atoms with Crippen molar-refractivity contribution in [3.8, 4) is 0 Å². The van der Waals surface area contributed by atoms with Crippen molar-refractivity contribution in [2.24, 2.45) is 5.73 Å². The van der Waals surface area contributed by atoms with Crippen molar-refractivity contribution in [1.82, 2.24) is 5.32 Å². The Morgan fingerprint density at radius 3 is 2.50 bits per heavy atom. The first kappa shape index (κ1) is 18.5. The number of amides is 1. The lowest BCUT2D eigenvalue weighted by Crippen LogP contribution is -2.52. The van der Waals surface area contributed by atoms with Gasteiger partial charge in [-0.2, -0.15) is 11.8 Å². The van der Waals surface area contributed by atoms with Gasteiger partial charge in [0, 0.05) is 6.04 Å². The molecule has 0 saturated heterocycles. The SMILES string of the molecule is CSCC[C@H](NC(=O)[C@@H](O)[C@H](N)Cc1ccccc1)C(=O)O. The summed E-state index contributed by atoms with van der Waals surface area (Å²) >= 11 is 1.49. The molecule has 0 aliphatic carbocycles. The Bertz CT molecular complexity index is 484. The zero-order valence-corrected chi connectivity index (χ0v) is 13.3. The third kappa shape index (κ3) is 6.05. The van der Waals surface area contributed by atoms with E-state index in [0.717, 1.165) is 5.56 Å². The molecule has 0 bridgehead atoms. The quantitative estimate of drug-likeness (QED) is 0.517. The zero-order valence-electron chi connectivity index (χ0n) is 12.4. The number of carboxylic acids is 1. The average Bonchev–Trinajstić information content (AvgIpc) is 2.51. The normalized spacial score (nSPS) is 14.9. The molecule has 7 heteroatoms. The number of nitrogens with one attached hydrogen (secondary N) is 1. The molecule has 5 N–H and O–H groups in total. The molecular weight excluding hydrogens is 304 g/mol. The van der Waals surface area contributed by atoms with Crippen molar-refractivity contribution in [1.29, 1.82) is 0 Å². The molecule has 1 aromatic rings. The summed E-state index contributed by atoms with van der Waals surface area (Å²) in [5, 5.41) is 21.4. The molecule has 22 heavy (non-hydrogen) atoms. The molecule has 0 heterocycles. The predicted octanol–water partition coefficient (Wildman–Crippen LogP) is 0.240. The van der Waals surface area contributed by atoms with Gasteiger partial charge in [-0.25, -0.2) is 4.79 Å². The maximum atomic E-state index is 11.9. The van der Waals surface area contributed by atoms with Gasteiger partial charge in [0.05, 0.1) is 0 Å². The van der Waals surface area contributed by atoms with E-state index in [9.17, 15) is 14.7 Å². The Labute approximate surface area is 134 Å². The third-order valence-electron chi connectivity index (χ3n) is 3.21. The van der Waals surface area contributed by atoms with Gasteiger partial charge in [0.1, 0.15) is 12.1 Å². The number of thioether (sulfide) groups is 1. The van der Waals surface area contributed by atoms with Crippen LogP contribution < -0.4 is 11.1 Å². The van der Waals surface area contributed by atoms with Gasteiger partial charge in [0.25, 0.3) is 5.91 Å². The lowest BCUT2D eigenvalue weighted by Gasteiger charge is -2.21. The topological polar surface area (TPSA) is 113 Å². The van der Waals surface area contributed by atoms with Crippen LogP contribution >= 0.6 is 11.8 Å². The zero-order chi connectivity index (χ0) is 16.5. The monoisotopic (exact) mass is 326 g/mol. The molecule has 0 aromatic heterocycles. The molecular formula is C15H22N2O4S. The van der Waals surface area contributed by atoms with Crippen molar-refractivity contribution in [3.05, 3.63) is 35.9 Å². The number of hydrogen-bond acceptors (Lipinski definition) is 5. The minimum Gasteiger partial charge on any atom is -0.480 e. The van der Waals surface area contributed by atoms with Crippen LogP contribution in [0.5, 0.6) is 0 Å². The first-order valence-electron chi connectivity index (χ1n) is 6.95. The van der Waals surface area contributed by atoms with E-state index in [2.05, 4.69) is 5.32 Å². The molecule has 0 radical (unpaired) electrons. The van der Waals surface area contributed by atoms with E-state index in [0.29, 0.717) is 18.6 Å².